The van der Waals surface area contributed by atoms with E-state index in [2.05, 4.69) is 15.2 Å². The van der Waals surface area contributed by atoms with E-state index in [1.54, 1.807) is 17.3 Å². The van der Waals surface area contributed by atoms with Gasteiger partial charge in [-0.15, -0.1) is 0 Å². The lowest BCUT2D eigenvalue weighted by molar-refractivity contribution is -0.123. The minimum absolute atomic E-state index is 0.563. The number of pyridine rings is 1. The Morgan fingerprint density at radius 3 is 3.00 bits per heavy atom. The molecule has 7 nitrogen and oxygen atoms in total. The zero-order valence-corrected chi connectivity index (χ0v) is 11.0. The second-order valence-corrected chi connectivity index (χ2v) is 4.22. The van der Waals surface area contributed by atoms with E-state index in [9.17, 15) is 0 Å². The summed E-state index contributed by atoms with van der Waals surface area (Å²) in [7, 11) is 0. The van der Waals surface area contributed by atoms with E-state index >= 15 is 0 Å². The number of hydrogen-bond donors (Lipinski definition) is 3. The van der Waals surface area contributed by atoms with E-state index in [1.165, 1.54) is 0 Å². The lowest BCUT2D eigenvalue weighted by Gasteiger charge is -2.20. The fourth-order valence-corrected chi connectivity index (χ4v) is 1.80. The maximum Gasteiger partial charge on any atom is 0.149 e. The van der Waals surface area contributed by atoms with Crippen LogP contribution in [0.2, 0.25) is 0 Å². The van der Waals surface area contributed by atoms with Gasteiger partial charge in [0.05, 0.1) is 24.2 Å². The van der Waals surface area contributed by atoms with Gasteiger partial charge in [-0.25, -0.2) is 10.0 Å². The van der Waals surface area contributed by atoms with Gasteiger partial charge in [0.1, 0.15) is 12.5 Å². The standard InChI is InChI=1S/C12H20N6O/c1-2-19-18-6-5-17(9-18)4-3-15-12-11(14)7-10(13)8-16-12/h5-8H,2-4,9,13-14H2,1H3,(H,15,16). The molecule has 5 N–H and O–H groups in total. The predicted octanol–water partition coefficient (Wildman–Crippen LogP) is 0.656. The van der Waals surface area contributed by atoms with Crippen molar-refractivity contribution in [2.75, 3.05) is 43.1 Å². The molecule has 0 saturated heterocycles. The molecule has 0 aliphatic carbocycles. The molecular formula is C12H20N6O. The largest absolute Gasteiger partial charge is 0.397 e. The minimum atomic E-state index is 0.563. The molecule has 2 rings (SSSR count). The Kier molecular flexibility index (Phi) is 4.30. The summed E-state index contributed by atoms with van der Waals surface area (Å²) in [6.45, 7) is 4.95. The first kappa shape index (κ1) is 13.3. The second-order valence-electron chi connectivity index (χ2n) is 4.22. The van der Waals surface area contributed by atoms with Crippen LogP contribution in [0.5, 0.6) is 0 Å². The number of hydrogen-bond acceptors (Lipinski definition) is 7. The molecule has 0 atom stereocenters. The van der Waals surface area contributed by atoms with E-state index in [4.69, 9.17) is 16.3 Å². The monoisotopic (exact) mass is 264 g/mol. The molecule has 0 radical (unpaired) electrons. The number of rotatable bonds is 6. The van der Waals surface area contributed by atoms with Crippen molar-refractivity contribution in [3.63, 3.8) is 0 Å². The van der Waals surface area contributed by atoms with Crippen LogP contribution in [0.4, 0.5) is 17.2 Å². The van der Waals surface area contributed by atoms with Crippen LogP contribution < -0.4 is 16.8 Å². The first-order valence-corrected chi connectivity index (χ1v) is 6.26. The molecule has 0 unspecified atom stereocenters. The van der Waals surface area contributed by atoms with Crippen LogP contribution in [-0.4, -0.2) is 41.3 Å². The van der Waals surface area contributed by atoms with Crippen LogP contribution in [0.1, 0.15) is 6.92 Å². The smallest absolute Gasteiger partial charge is 0.149 e. The Labute approximate surface area is 112 Å². The normalized spacial score (nSPS) is 14.2. The van der Waals surface area contributed by atoms with Crippen LogP contribution in [0, 0.1) is 0 Å². The molecule has 2 heterocycles. The van der Waals surface area contributed by atoms with Crippen LogP contribution in [0.15, 0.2) is 24.7 Å². The Hall–Kier alpha value is -2.15. The third-order valence-corrected chi connectivity index (χ3v) is 2.69. The first-order valence-electron chi connectivity index (χ1n) is 6.26. The maximum absolute atomic E-state index is 5.82. The van der Waals surface area contributed by atoms with Crippen molar-refractivity contribution < 1.29 is 4.84 Å². The molecule has 19 heavy (non-hydrogen) atoms. The summed E-state index contributed by atoms with van der Waals surface area (Å²) >= 11 is 0. The Balaban J connectivity index is 1.74. The molecule has 1 aromatic rings. The quantitative estimate of drug-likeness (QED) is 0.695. The number of hydroxylamine groups is 2. The van der Waals surface area contributed by atoms with Crippen LogP contribution in [0.3, 0.4) is 0 Å². The van der Waals surface area contributed by atoms with Crippen molar-refractivity contribution in [3.05, 3.63) is 24.7 Å². The highest BCUT2D eigenvalue weighted by Crippen LogP contribution is 2.17. The van der Waals surface area contributed by atoms with E-state index in [0.29, 0.717) is 23.8 Å². The zero-order valence-electron chi connectivity index (χ0n) is 11.0. The van der Waals surface area contributed by atoms with Gasteiger partial charge in [-0.05, 0) is 13.0 Å². The van der Waals surface area contributed by atoms with Crippen LogP contribution >= 0.6 is 0 Å². The first-order chi connectivity index (χ1) is 9.19. The molecule has 0 fully saturated rings. The Bertz CT molecular complexity index is 450. The summed E-state index contributed by atoms with van der Waals surface area (Å²) in [5.41, 5.74) is 12.5. The van der Waals surface area contributed by atoms with Gasteiger partial charge < -0.3 is 21.7 Å². The van der Waals surface area contributed by atoms with E-state index < -0.39 is 0 Å². The zero-order chi connectivity index (χ0) is 13.7. The van der Waals surface area contributed by atoms with E-state index in [0.717, 1.165) is 19.8 Å². The van der Waals surface area contributed by atoms with Gasteiger partial charge in [-0.2, -0.15) is 0 Å². The Morgan fingerprint density at radius 2 is 2.26 bits per heavy atom. The number of anilines is 3. The topological polar surface area (TPSA) is 92.7 Å². The van der Waals surface area contributed by atoms with Gasteiger partial charge in [0.2, 0.25) is 0 Å². The van der Waals surface area contributed by atoms with Crippen molar-refractivity contribution in [3.8, 4) is 0 Å². The highest BCUT2D eigenvalue weighted by molar-refractivity contribution is 5.65. The maximum atomic E-state index is 5.82. The summed E-state index contributed by atoms with van der Waals surface area (Å²) < 4.78 is 0. The molecule has 7 heteroatoms. The van der Waals surface area contributed by atoms with E-state index in [-0.39, 0.29) is 0 Å². The SMILES string of the molecule is CCON1C=CN(CCNc2ncc(N)cc2N)C1. The van der Waals surface area contributed by atoms with Crippen molar-refractivity contribution in [2.24, 2.45) is 0 Å². The molecule has 104 valence electrons. The fraction of sp³-hybridized carbons (Fsp3) is 0.417. The number of nitrogen functional groups attached to an aromatic ring is 2. The van der Waals surface area contributed by atoms with Crippen molar-refractivity contribution >= 4 is 17.2 Å². The summed E-state index contributed by atoms with van der Waals surface area (Å²) in [5.74, 6) is 0.666. The van der Waals surface area contributed by atoms with Gasteiger partial charge in [0.15, 0.2) is 0 Å². The van der Waals surface area contributed by atoms with Gasteiger partial charge in [-0.3, -0.25) is 4.84 Å². The molecular weight excluding hydrogens is 244 g/mol. The summed E-state index contributed by atoms with van der Waals surface area (Å²) in [4.78, 5) is 11.7. The third kappa shape index (κ3) is 3.65. The molecule has 1 aromatic heterocycles. The van der Waals surface area contributed by atoms with Crippen LogP contribution in [-0.2, 0) is 4.84 Å². The second kappa shape index (κ2) is 6.14. The van der Waals surface area contributed by atoms with Gasteiger partial charge in [-0.1, -0.05) is 0 Å². The summed E-state index contributed by atoms with van der Waals surface area (Å²) in [5, 5.41) is 4.99. The molecule has 0 bridgehead atoms. The van der Waals surface area contributed by atoms with Crippen molar-refractivity contribution in [1.82, 2.24) is 14.9 Å². The molecule has 0 aromatic carbocycles. The summed E-state index contributed by atoms with van der Waals surface area (Å²) in [6.07, 6.45) is 5.50. The highest BCUT2D eigenvalue weighted by Gasteiger charge is 2.11. The third-order valence-electron chi connectivity index (χ3n) is 2.69. The Morgan fingerprint density at radius 1 is 1.42 bits per heavy atom. The van der Waals surface area contributed by atoms with Crippen molar-refractivity contribution in [2.45, 2.75) is 6.92 Å². The van der Waals surface area contributed by atoms with Crippen molar-refractivity contribution in [1.29, 1.82) is 0 Å². The fourth-order valence-electron chi connectivity index (χ4n) is 1.80. The summed E-state index contributed by atoms with van der Waals surface area (Å²) in [6, 6.07) is 1.70. The molecule has 0 saturated carbocycles. The molecule has 1 aliphatic heterocycles. The predicted molar refractivity (Wildman–Crippen MR) is 75.7 cm³/mol. The highest BCUT2D eigenvalue weighted by atomic mass is 16.7. The lowest BCUT2D eigenvalue weighted by Crippen LogP contribution is -2.29. The number of nitrogens with one attached hydrogen (secondary N) is 1. The lowest BCUT2D eigenvalue weighted by atomic mass is 10.3. The molecule has 0 amide bonds. The average Bonchev–Trinajstić information content (AvgIpc) is 2.80. The van der Waals surface area contributed by atoms with Gasteiger partial charge in [0.25, 0.3) is 0 Å². The average molecular weight is 264 g/mol. The van der Waals surface area contributed by atoms with Gasteiger partial charge >= 0.3 is 0 Å². The number of nitrogens with two attached hydrogens (primary N) is 2. The molecule has 1 aliphatic rings. The number of aromatic nitrogens is 1. The molecule has 0 spiro atoms. The van der Waals surface area contributed by atoms with Gasteiger partial charge in [0, 0.05) is 25.5 Å². The van der Waals surface area contributed by atoms with E-state index in [1.807, 2.05) is 19.3 Å². The number of nitrogens with zero attached hydrogens (tertiary/aromatic N) is 3. The minimum Gasteiger partial charge on any atom is -0.397 e. The van der Waals surface area contributed by atoms with Crippen LogP contribution in [0.25, 0.3) is 0 Å².